The molecular weight excluding hydrogens is 284 g/mol. The first-order chi connectivity index (χ1) is 11.1. The molecule has 0 unspecified atom stereocenters. The standard InChI is InChI=1S/C20H26N2O/c1-14-7-3-6-10-19(14)21-15(2)20(23)22-18-12-11-16-8-4-5-9-17(16)13-18/h4-5,8-9,11-15,19,21H,3,6-7,10H2,1-2H3,(H,22,23)/t14-,15+,19-/m1/s1. The summed E-state index contributed by atoms with van der Waals surface area (Å²) in [6, 6.07) is 14.5. The summed E-state index contributed by atoms with van der Waals surface area (Å²) < 4.78 is 0. The summed E-state index contributed by atoms with van der Waals surface area (Å²) in [5, 5.41) is 8.88. The number of nitrogens with one attached hydrogen (secondary N) is 2. The van der Waals surface area contributed by atoms with E-state index in [1.807, 2.05) is 37.3 Å². The van der Waals surface area contributed by atoms with Crippen molar-refractivity contribution in [2.45, 2.75) is 51.6 Å². The maximum atomic E-state index is 12.5. The van der Waals surface area contributed by atoms with Crippen molar-refractivity contribution >= 4 is 22.4 Å². The topological polar surface area (TPSA) is 41.1 Å². The van der Waals surface area contributed by atoms with E-state index in [-0.39, 0.29) is 11.9 Å². The van der Waals surface area contributed by atoms with Crippen molar-refractivity contribution in [3.05, 3.63) is 42.5 Å². The van der Waals surface area contributed by atoms with Gasteiger partial charge < -0.3 is 10.6 Å². The van der Waals surface area contributed by atoms with Crippen molar-refractivity contribution in [2.24, 2.45) is 5.92 Å². The molecule has 3 atom stereocenters. The van der Waals surface area contributed by atoms with Gasteiger partial charge >= 0.3 is 0 Å². The Balaban J connectivity index is 1.62. The molecule has 0 aliphatic heterocycles. The van der Waals surface area contributed by atoms with E-state index in [1.165, 1.54) is 31.1 Å². The van der Waals surface area contributed by atoms with Gasteiger partial charge in [0.2, 0.25) is 5.91 Å². The molecule has 1 aliphatic carbocycles. The summed E-state index contributed by atoms with van der Waals surface area (Å²) in [7, 11) is 0. The van der Waals surface area contributed by atoms with Crippen LogP contribution >= 0.6 is 0 Å². The highest BCUT2D eigenvalue weighted by Gasteiger charge is 2.24. The molecule has 0 heterocycles. The van der Waals surface area contributed by atoms with Crippen molar-refractivity contribution in [2.75, 3.05) is 5.32 Å². The van der Waals surface area contributed by atoms with E-state index in [0.29, 0.717) is 12.0 Å². The van der Waals surface area contributed by atoms with Crippen LogP contribution in [0.25, 0.3) is 10.8 Å². The van der Waals surface area contributed by atoms with Gasteiger partial charge in [-0.1, -0.05) is 50.1 Å². The molecule has 0 aromatic heterocycles. The van der Waals surface area contributed by atoms with E-state index in [9.17, 15) is 4.79 Å². The van der Waals surface area contributed by atoms with Gasteiger partial charge in [0.05, 0.1) is 6.04 Å². The molecule has 3 heteroatoms. The van der Waals surface area contributed by atoms with Gasteiger partial charge in [0, 0.05) is 11.7 Å². The molecule has 2 aromatic rings. The molecule has 23 heavy (non-hydrogen) atoms. The third kappa shape index (κ3) is 3.91. The Morgan fingerprint density at radius 1 is 1.09 bits per heavy atom. The van der Waals surface area contributed by atoms with E-state index >= 15 is 0 Å². The Morgan fingerprint density at radius 2 is 1.83 bits per heavy atom. The van der Waals surface area contributed by atoms with Crippen molar-refractivity contribution in [1.29, 1.82) is 0 Å². The van der Waals surface area contributed by atoms with Crippen LogP contribution in [0.2, 0.25) is 0 Å². The molecule has 3 rings (SSSR count). The summed E-state index contributed by atoms with van der Waals surface area (Å²) in [4.78, 5) is 12.5. The third-order valence-corrected chi connectivity index (χ3v) is 4.99. The van der Waals surface area contributed by atoms with Gasteiger partial charge in [-0.05, 0) is 48.6 Å². The van der Waals surface area contributed by atoms with E-state index in [4.69, 9.17) is 0 Å². The van der Waals surface area contributed by atoms with Crippen LogP contribution in [0.4, 0.5) is 5.69 Å². The van der Waals surface area contributed by atoms with E-state index < -0.39 is 0 Å². The van der Waals surface area contributed by atoms with Crippen LogP contribution in [0.1, 0.15) is 39.5 Å². The zero-order valence-corrected chi connectivity index (χ0v) is 14.0. The largest absolute Gasteiger partial charge is 0.325 e. The Bertz CT molecular complexity index is 682. The van der Waals surface area contributed by atoms with E-state index in [0.717, 1.165) is 11.1 Å². The molecular formula is C20H26N2O. The molecule has 1 saturated carbocycles. The first kappa shape index (κ1) is 16.0. The molecule has 1 fully saturated rings. The number of hydrogen-bond acceptors (Lipinski definition) is 2. The zero-order chi connectivity index (χ0) is 16.2. The Labute approximate surface area is 138 Å². The van der Waals surface area contributed by atoms with Crippen LogP contribution in [0, 0.1) is 5.92 Å². The molecule has 0 saturated heterocycles. The first-order valence-electron chi connectivity index (χ1n) is 8.69. The predicted molar refractivity (Wildman–Crippen MR) is 96.6 cm³/mol. The molecule has 2 N–H and O–H groups in total. The molecule has 3 nitrogen and oxygen atoms in total. The van der Waals surface area contributed by atoms with Crippen LogP contribution in [0.3, 0.4) is 0 Å². The fourth-order valence-electron chi connectivity index (χ4n) is 3.48. The van der Waals surface area contributed by atoms with Crippen LogP contribution < -0.4 is 10.6 Å². The smallest absolute Gasteiger partial charge is 0.241 e. The number of fused-ring (bicyclic) bond motifs is 1. The highest BCUT2D eigenvalue weighted by atomic mass is 16.2. The molecule has 0 bridgehead atoms. The Kier molecular flexibility index (Phi) is 4.97. The second-order valence-electron chi connectivity index (χ2n) is 6.81. The highest BCUT2D eigenvalue weighted by molar-refractivity contribution is 5.97. The van der Waals surface area contributed by atoms with Crippen molar-refractivity contribution < 1.29 is 4.79 Å². The number of rotatable bonds is 4. The molecule has 122 valence electrons. The normalized spacial score (nSPS) is 22.7. The fourth-order valence-corrected chi connectivity index (χ4v) is 3.48. The maximum absolute atomic E-state index is 12.5. The van der Waals surface area contributed by atoms with Crippen molar-refractivity contribution in [3.63, 3.8) is 0 Å². The molecule has 1 amide bonds. The molecule has 0 radical (unpaired) electrons. The van der Waals surface area contributed by atoms with Crippen LogP contribution in [-0.4, -0.2) is 18.0 Å². The van der Waals surface area contributed by atoms with Crippen molar-refractivity contribution in [3.8, 4) is 0 Å². The number of carbonyl (C=O) groups is 1. The summed E-state index contributed by atoms with van der Waals surface area (Å²) >= 11 is 0. The lowest BCUT2D eigenvalue weighted by Gasteiger charge is -2.31. The predicted octanol–water partition coefficient (Wildman–Crippen LogP) is 4.34. The summed E-state index contributed by atoms with van der Waals surface area (Å²) in [6.45, 7) is 4.24. The number of benzene rings is 2. The summed E-state index contributed by atoms with van der Waals surface area (Å²) in [5.41, 5.74) is 0.860. The number of amides is 1. The van der Waals surface area contributed by atoms with Gasteiger partial charge in [-0.2, -0.15) is 0 Å². The van der Waals surface area contributed by atoms with E-state index in [2.05, 4.69) is 29.7 Å². The average Bonchev–Trinajstić information content (AvgIpc) is 2.56. The molecule has 0 spiro atoms. The lowest BCUT2D eigenvalue weighted by atomic mass is 9.85. The third-order valence-electron chi connectivity index (χ3n) is 4.99. The zero-order valence-electron chi connectivity index (χ0n) is 14.0. The first-order valence-corrected chi connectivity index (χ1v) is 8.69. The summed E-state index contributed by atoms with van der Waals surface area (Å²) in [5.74, 6) is 0.692. The van der Waals surface area contributed by atoms with Gasteiger partial charge in [-0.15, -0.1) is 0 Å². The number of anilines is 1. The van der Waals surface area contributed by atoms with Crippen molar-refractivity contribution in [1.82, 2.24) is 5.32 Å². The quantitative estimate of drug-likeness (QED) is 0.882. The minimum absolute atomic E-state index is 0.0399. The average molecular weight is 310 g/mol. The minimum atomic E-state index is -0.174. The second kappa shape index (κ2) is 7.14. The molecule has 2 aromatic carbocycles. The van der Waals surface area contributed by atoms with Gasteiger partial charge in [0.25, 0.3) is 0 Å². The molecule has 1 aliphatic rings. The highest BCUT2D eigenvalue weighted by Crippen LogP contribution is 2.24. The Hall–Kier alpha value is -1.87. The van der Waals surface area contributed by atoms with Crippen LogP contribution in [0.5, 0.6) is 0 Å². The van der Waals surface area contributed by atoms with Gasteiger partial charge in [0.15, 0.2) is 0 Å². The number of hydrogen-bond donors (Lipinski definition) is 2. The van der Waals surface area contributed by atoms with E-state index in [1.54, 1.807) is 0 Å². The monoisotopic (exact) mass is 310 g/mol. The Morgan fingerprint density at radius 3 is 2.61 bits per heavy atom. The van der Waals surface area contributed by atoms with Gasteiger partial charge in [0.1, 0.15) is 0 Å². The fraction of sp³-hybridized carbons (Fsp3) is 0.450. The second-order valence-corrected chi connectivity index (χ2v) is 6.81. The SMILES string of the molecule is C[C@H](N[C@@H]1CCCC[C@H]1C)C(=O)Nc1ccc2ccccc2c1. The lowest BCUT2D eigenvalue weighted by molar-refractivity contribution is -0.118. The van der Waals surface area contributed by atoms with Crippen LogP contribution in [0.15, 0.2) is 42.5 Å². The lowest BCUT2D eigenvalue weighted by Crippen LogP contribution is -2.47. The number of carbonyl (C=O) groups excluding carboxylic acids is 1. The van der Waals surface area contributed by atoms with Crippen LogP contribution in [-0.2, 0) is 4.79 Å². The minimum Gasteiger partial charge on any atom is -0.325 e. The summed E-state index contributed by atoms with van der Waals surface area (Å²) in [6.07, 6.45) is 5.02. The van der Waals surface area contributed by atoms with Gasteiger partial charge in [-0.25, -0.2) is 0 Å². The maximum Gasteiger partial charge on any atom is 0.241 e. The van der Waals surface area contributed by atoms with Gasteiger partial charge in [-0.3, -0.25) is 4.79 Å².